The van der Waals surface area contributed by atoms with Gasteiger partial charge >= 0.3 is 5.97 Å². The van der Waals surface area contributed by atoms with Gasteiger partial charge < -0.3 is 9.47 Å². The highest BCUT2D eigenvalue weighted by Crippen LogP contribution is 2.31. The smallest absolute Gasteiger partial charge is 0.338 e. The van der Waals surface area contributed by atoms with Gasteiger partial charge in [-0.1, -0.05) is 67.3 Å². The van der Waals surface area contributed by atoms with Crippen LogP contribution in [0, 0.1) is 0 Å². The molecule has 0 bridgehead atoms. The third-order valence-electron chi connectivity index (χ3n) is 5.38. The third-order valence-corrected chi connectivity index (χ3v) is 6.98. The minimum Gasteiger partial charge on any atom is -0.488 e. The molecule has 2 aromatic carbocycles. The highest BCUT2D eigenvalue weighted by atomic mass is 79.9. The second-order valence-corrected chi connectivity index (χ2v) is 9.35. The van der Waals surface area contributed by atoms with Crippen LogP contribution < -0.4 is 19.6 Å². The number of allylic oxidation sites excluding steroid dienone is 1. The number of halogens is 1. The number of esters is 1. The fourth-order valence-electron chi connectivity index (χ4n) is 3.84. The predicted octanol–water partition coefficient (Wildman–Crippen LogP) is 4.13. The summed E-state index contributed by atoms with van der Waals surface area (Å²) in [5.41, 5.74) is 2.46. The first kappa shape index (κ1) is 23.9. The van der Waals surface area contributed by atoms with E-state index in [1.54, 1.807) is 10.6 Å². The fraction of sp³-hybridized carbons (Fsp3) is 0.192. The van der Waals surface area contributed by atoms with Gasteiger partial charge in [-0.15, -0.1) is 0 Å². The average Bonchev–Trinajstić information content (AvgIpc) is 3.16. The standard InChI is InChI=1S/C26H23BrN2O4S/c1-4-13-33-20-12-11-16(14-18(20)27)15-21-24(30)29-23(17-9-7-6-8-10-17)22(25(31)32-3)19(5-2)28-26(29)34-21/h4,6-12,14-15,23H,1,5,13H2,2-3H3/b21-15-/t23-/m0/s1. The molecule has 0 radical (unpaired) electrons. The molecule has 0 unspecified atom stereocenters. The van der Waals surface area contributed by atoms with Crippen LogP contribution in [0.4, 0.5) is 0 Å². The van der Waals surface area contributed by atoms with Crippen molar-refractivity contribution >= 4 is 39.3 Å². The van der Waals surface area contributed by atoms with E-state index in [1.807, 2.05) is 61.5 Å². The Bertz CT molecular complexity index is 1450. The molecule has 0 amide bonds. The molecule has 1 aromatic heterocycles. The summed E-state index contributed by atoms with van der Waals surface area (Å²) >= 11 is 4.82. The first-order chi connectivity index (χ1) is 16.5. The summed E-state index contributed by atoms with van der Waals surface area (Å²) in [6, 6.07) is 14.5. The van der Waals surface area contributed by atoms with Gasteiger partial charge in [-0.2, -0.15) is 0 Å². The molecule has 0 spiro atoms. The summed E-state index contributed by atoms with van der Waals surface area (Å²) in [7, 11) is 1.34. The van der Waals surface area contributed by atoms with E-state index in [-0.39, 0.29) is 5.56 Å². The molecule has 0 fully saturated rings. The van der Waals surface area contributed by atoms with Gasteiger partial charge in [0, 0.05) is 0 Å². The molecule has 4 rings (SSSR count). The Balaban J connectivity index is 1.89. The lowest BCUT2D eigenvalue weighted by Gasteiger charge is -2.25. The Hall–Kier alpha value is -3.23. The third kappa shape index (κ3) is 4.56. The zero-order chi connectivity index (χ0) is 24.2. The highest BCUT2D eigenvalue weighted by molar-refractivity contribution is 9.10. The van der Waals surface area contributed by atoms with Crippen molar-refractivity contribution in [2.75, 3.05) is 13.7 Å². The molecule has 0 N–H and O–H groups in total. The van der Waals surface area contributed by atoms with Gasteiger partial charge in [0.05, 0.1) is 33.4 Å². The SMILES string of the molecule is C=CCOc1ccc(/C=c2\sc3n(c2=O)[C@@H](c2ccccc2)C(C(=O)OC)=C(CC)N=3)cc1Br. The van der Waals surface area contributed by atoms with Crippen LogP contribution in [-0.4, -0.2) is 24.3 Å². The van der Waals surface area contributed by atoms with Crippen molar-refractivity contribution in [2.45, 2.75) is 19.4 Å². The molecule has 0 aliphatic carbocycles. The molecular formula is C26H23BrN2O4S. The van der Waals surface area contributed by atoms with E-state index in [1.165, 1.54) is 18.4 Å². The van der Waals surface area contributed by atoms with E-state index in [0.717, 1.165) is 15.6 Å². The van der Waals surface area contributed by atoms with Gasteiger partial charge in [-0.3, -0.25) is 9.36 Å². The van der Waals surface area contributed by atoms with Gasteiger partial charge in [-0.05, 0) is 51.7 Å². The van der Waals surface area contributed by atoms with E-state index >= 15 is 0 Å². The summed E-state index contributed by atoms with van der Waals surface area (Å²) in [6.45, 7) is 6.00. The van der Waals surface area contributed by atoms with Crippen molar-refractivity contribution in [3.63, 3.8) is 0 Å². The zero-order valence-electron chi connectivity index (χ0n) is 18.8. The Kier molecular flexibility index (Phi) is 7.29. The molecule has 1 aliphatic rings. The second kappa shape index (κ2) is 10.4. The fourth-order valence-corrected chi connectivity index (χ4v) is 5.37. The summed E-state index contributed by atoms with van der Waals surface area (Å²) in [4.78, 5) is 31.6. The van der Waals surface area contributed by atoms with Crippen molar-refractivity contribution in [3.8, 4) is 5.75 Å². The maximum atomic E-state index is 13.6. The van der Waals surface area contributed by atoms with Crippen LogP contribution in [0.5, 0.6) is 5.75 Å². The molecule has 6 nitrogen and oxygen atoms in total. The molecule has 3 aromatic rings. The number of thiazole rings is 1. The Morgan fingerprint density at radius 2 is 2.03 bits per heavy atom. The van der Waals surface area contributed by atoms with Gasteiger partial charge in [0.2, 0.25) is 0 Å². The number of fused-ring (bicyclic) bond motifs is 1. The van der Waals surface area contributed by atoms with E-state index in [4.69, 9.17) is 9.47 Å². The number of carbonyl (C=O) groups excluding carboxylic acids is 1. The molecule has 2 heterocycles. The summed E-state index contributed by atoms with van der Waals surface area (Å²) in [5, 5.41) is 0. The van der Waals surface area contributed by atoms with E-state index in [2.05, 4.69) is 27.5 Å². The van der Waals surface area contributed by atoms with Crippen LogP contribution in [0.2, 0.25) is 0 Å². The maximum absolute atomic E-state index is 13.6. The molecular weight excluding hydrogens is 516 g/mol. The van der Waals surface area contributed by atoms with Crippen LogP contribution in [0.15, 0.2) is 86.7 Å². The quantitative estimate of drug-likeness (QED) is 0.335. The molecule has 0 saturated carbocycles. The van der Waals surface area contributed by atoms with Crippen LogP contribution in [-0.2, 0) is 9.53 Å². The molecule has 1 aliphatic heterocycles. The number of benzene rings is 2. The van der Waals surface area contributed by atoms with Crippen molar-refractivity contribution < 1.29 is 14.3 Å². The van der Waals surface area contributed by atoms with Crippen LogP contribution in [0.25, 0.3) is 6.08 Å². The van der Waals surface area contributed by atoms with Gasteiger partial charge in [0.1, 0.15) is 12.4 Å². The normalized spacial score (nSPS) is 15.5. The number of ether oxygens (including phenoxy) is 2. The topological polar surface area (TPSA) is 69.9 Å². The molecule has 0 saturated heterocycles. The lowest BCUT2D eigenvalue weighted by Crippen LogP contribution is -2.40. The van der Waals surface area contributed by atoms with Gasteiger partial charge in [0.15, 0.2) is 4.80 Å². The minimum absolute atomic E-state index is 0.211. The van der Waals surface area contributed by atoms with Crippen LogP contribution >= 0.6 is 27.3 Å². The Morgan fingerprint density at radius 3 is 2.68 bits per heavy atom. The Labute approximate surface area is 209 Å². The first-order valence-corrected chi connectivity index (χ1v) is 12.3. The molecule has 8 heteroatoms. The molecule has 34 heavy (non-hydrogen) atoms. The largest absolute Gasteiger partial charge is 0.488 e. The average molecular weight is 539 g/mol. The maximum Gasteiger partial charge on any atom is 0.338 e. The Morgan fingerprint density at radius 1 is 1.26 bits per heavy atom. The minimum atomic E-state index is -0.608. The number of nitrogens with zero attached hydrogens (tertiary/aromatic N) is 2. The van der Waals surface area contributed by atoms with Crippen LogP contribution in [0.3, 0.4) is 0 Å². The predicted molar refractivity (Wildman–Crippen MR) is 137 cm³/mol. The molecule has 174 valence electrons. The number of carbonyl (C=O) groups is 1. The second-order valence-electron chi connectivity index (χ2n) is 7.49. The number of methoxy groups -OCH3 is 1. The number of rotatable bonds is 7. The summed E-state index contributed by atoms with van der Waals surface area (Å²) in [5.74, 6) is 0.209. The monoisotopic (exact) mass is 538 g/mol. The van der Waals surface area contributed by atoms with Crippen LogP contribution in [0.1, 0.15) is 30.5 Å². The zero-order valence-corrected chi connectivity index (χ0v) is 21.2. The van der Waals surface area contributed by atoms with E-state index in [0.29, 0.717) is 39.4 Å². The van der Waals surface area contributed by atoms with Gasteiger partial charge in [-0.25, -0.2) is 9.79 Å². The number of hydrogen-bond acceptors (Lipinski definition) is 6. The number of aromatic nitrogens is 1. The van der Waals surface area contributed by atoms with E-state index < -0.39 is 12.0 Å². The number of hydrogen-bond donors (Lipinski definition) is 0. The summed E-state index contributed by atoms with van der Waals surface area (Å²) < 4.78 is 13.6. The van der Waals surface area contributed by atoms with E-state index in [9.17, 15) is 9.59 Å². The lowest BCUT2D eigenvalue weighted by atomic mass is 9.95. The molecule has 1 atom stereocenters. The highest BCUT2D eigenvalue weighted by Gasteiger charge is 2.33. The lowest BCUT2D eigenvalue weighted by molar-refractivity contribution is -0.136. The van der Waals surface area contributed by atoms with Gasteiger partial charge in [0.25, 0.3) is 5.56 Å². The van der Waals surface area contributed by atoms with Crippen molar-refractivity contribution in [1.82, 2.24) is 4.57 Å². The summed E-state index contributed by atoms with van der Waals surface area (Å²) in [6.07, 6.45) is 4.04. The van der Waals surface area contributed by atoms with Crippen molar-refractivity contribution in [1.29, 1.82) is 0 Å². The van der Waals surface area contributed by atoms with Crippen molar-refractivity contribution in [2.24, 2.45) is 4.99 Å². The van der Waals surface area contributed by atoms with Crippen molar-refractivity contribution in [3.05, 3.63) is 108 Å². The first-order valence-electron chi connectivity index (χ1n) is 10.7.